The highest BCUT2D eigenvalue weighted by atomic mass is 14.9. The predicted molar refractivity (Wildman–Crippen MR) is 54.6 cm³/mol. The lowest BCUT2D eigenvalue weighted by atomic mass is 9.93. The molecule has 0 aliphatic carbocycles. The van der Waals surface area contributed by atoms with Gasteiger partial charge in [-0.15, -0.1) is 0 Å². The molecule has 0 aromatic carbocycles. The molecule has 0 aliphatic rings. The maximum atomic E-state index is 8.58. The van der Waals surface area contributed by atoms with Crippen molar-refractivity contribution in [3.8, 4) is 12.1 Å². The van der Waals surface area contributed by atoms with Crippen LogP contribution in [0.15, 0.2) is 0 Å². The molecule has 0 unspecified atom stereocenters. The molecular weight excluding hydrogens is 176 g/mol. The molecule has 14 heavy (non-hydrogen) atoms. The lowest BCUT2D eigenvalue weighted by Crippen LogP contribution is -2.50. The lowest BCUT2D eigenvalue weighted by Gasteiger charge is -2.24. The van der Waals surface area contributed by atoms with E-state index in [1.807, 2.05) is 12.1 Å². The van der Waals surface area contributed by atoms with E-state index in [1.165, 1.54) is 0 Å². The molecule has 0 bridgehead atoms. The minimum absolute atomic E-state index is 0.254. The molecule has 0 aromatic rings. The summed E-state index contributed by atoms with van der Waals surface area (Å²) in [7, 11) is 0. The molecule has 0 saturated heterocycles. The molecule has 0 aromatic heterocycles. The molecule has 0 fully saturated rings. The Balaban J connectivity index is 3.95. The van der Waals surface area contributed by atoms with Crippen LogP contribution in [0.1, 0.15) is 39.0 Å². The minimum atomic E-state index is -0.870. The van der Waals surface area contributed by atoms with Crippen molar-refractivity contribution < 1.29 is 0 Å². The molecule has 0 amide bonds. The van der Waals surface area contributed by atoms with Crippen molar-refractivity contribution >= 4 is 0 Å². The largest absolute Gasteiger partial charge is 0.313 e. The maximum absolute atomic E-state index is 8.58. The Morgan fingerprint density at radius 2 is 1.79 bits per heavy atom. The Bertz CT molecular complexity index is 219. The van der Waals surface area contributed by atoms with E-state index < -0.39 is 11.6 Å². The number of hydrogen-bond donors (Lipinski definition) is 2. The molecule has 4 N–H and O–H groups in total. The summed E-state index contributed by atoms with van der Waals surface area (Å²) in [5.74, 6) is -0.688. The molecule has 0 atom stereocenters. The number of nitriles is 2. The first-order valence-corrected chi connectivity index (χ1v) is 4.92. The first-order chi connectivity index (χ1) is 6.55. The van der Waals surface area contributed by atoms with Gasteiger partial charge in [-0.1, -0.05) is 26.2 Å². The molecule has 0 aliphatic heterocycles. The molecule has 78 valence electrons. The molecule has 4 heteroatoms. The van der Waals surface area contributed by atoms with Crippen molar-refractivity contribution in [3.05, 3.63) is 0 Å². The summed E-state index contributed by atoms with van der Waals surface area (Å²) in [6.45, 7) is 2.10. The van der Waals surface area contributed by atoms with Crippen LogP contribution >= 0.6 is 0 Å². The number of rotatable bonds is 6. The Morgan fingerprint density at radius 3 is 2.21 bits per heavy atom. The first-order valence-electron chi connectivity index (χ1n) is 4.92. The summed E-state index contributed by atoms with van der Waals surface area (Å²) in [5, 5.41) is 17.2. The van der Waals surface area contributed by atoms with Gasteiger partial charge in [-0.05, 0) is 6.42 Å². The third-order valence-electron chi connectivity index (χ3n) is 2.14. The summed E-state index contributed by atoms with van der Waals surface area (Å²) in [6.07, 6.45) is 4.06. The maximum Gasteiger partial charge on any atom is 0.136 e. The Kier molecular flexibility index (Phi) is 5.87. The van der Waals surface area contributed by atoms with Gasteiger partial charge in [0.15, 0.2) is 0 Å². The van der Waals surface area contributed by atoms with Gasteiger partial charge in [0.1, 0.15) is 5.92 Å². The summed E-state index contributed by atoms with van der Waals surface area (Å²) < 4.78 is 0. The Hall–Kier alpha value is -1.10. The van der Waals surface area contributed by atoms with E-state index in [0.29, 0.717) is 6.42 Å². The second kappa shape index (κ2) is 6.37. The average molecular weight is 194 g/mol. The Labute approximate surface area is 85.5 Å². The van der Waals surface area contributed by atoms with Crippen LogP contribution in [0, 0.1) is 28.6 Å². The van der Waals surface area contributed by atoms with Crippen LogP contribution in [0.2, 0.25) is 0 Å². The second-order valence-electron chi connectivity index (χ2n) is 3.71. The average Bonchev–Trinajstić information content (AvgIpc) is 2.14. The first kappa shape index (κ1) is 12.9. The topological polar surface area (TPSA) is 99.6 Å². The molecule has 0 saturated carbocycles. The number of unbranched alkanes of at least 4 members (excludes halogenated alkanes) is 2. The van der Waals surface area contributed by atoms with Crippen LogP contribution in [0.4, 0.5) is 0 Å². The highest BCUT2D eigenvalue weighted by Crippen LogP contribution is 2.15. The summed E-state index contributed by atoms with van der Waals surface area (Å²) >= 11 is 0. The van der Waals surface area contributed by atoms with Gasteiger partial charge in [-0.25, -0.2) is 0 Å². The van der Waals surface area contributed by atoms with E-state index in [4.69, 9.17) is 22.0 Å². The zero-order valence-electron chi connectivity index (χ0n) is 8.66. The van der Waals surface area contributed by atoms with Gasteiger partial charge in [-0.3, -0.25) is 0 Å². The van der Waals surface area contributed by atoms with Crippen LogP contribution < -0.4 is 11.5 Å². The van der Waals surface area contributed by atoms with Crippen molar-refractivity contribution in [2.24, 2.45) is 17.4 Å². The van der Waals surface area contributed by atoms with Gasteiger partial charge in [0.25, 0.3) is 0 Å². The van der Waals surface area contributed by atoms with E-state index in [1.54, 1.807) is 0 Å². The third kappa shape index (κ3) is 5.53. The lowest BCUT2D eigenvalue weighted by molar-refractivity contribution is 0.347. The van der Waals surface area contributed by atoms with E-state index in [9.17, 15) is 0 Å². The second-order valence-corrected chi connectivity index (χ2v) is 3.71. The molecule has 4 nitrogen and oxygen atoms in total. The summed E-state index contributed by atoms with van der Waals surface area (Å²) in [6, 6.07) is 3.75. The van der Waals surface area contributed by atoms with Gasteiger partial charge in [0.05, 0.1) is 17.8 Å². The normalized spacial score (nSPS) is 11.0. The minimum Gasteiger partial charge on any atom is -0.313 e. The quantitative estimate of drug-likeness (QED) is 0.490. The molecule has 0 rings (SSSR count). The van der Waals surface area contributed by atoms with Crippen LogP contribution in [-0.2, 0) is 0 Å². The van der Waals surface area contributed by atoms with Crippen molar-refractivity contribution in [1.82, 2.24) is 0 Å². The zero-order valence-corrected chi connectivity index (χ0v) is 8.66. The number of hydrogen-bond acceptors (Lipinski definition) is 4. The van der Waals surface area contributed by atoms with E-state index in [2.05, 4.69) is 6.92 Å². The van der Waals surface area contributed by atoms with E-state index >= 15 is 0 Å². The monoisotopic (exact) mass is 194 g/mol. The van der Waals surface area contributed by atoms with Crippen LogP contribution in [0.3, 0.4) is 0 Å². The van der Waals surface area contributed by atoms with Gasteiger partial charge < -0.3 is 11.5 Å². The molecular formula is C10H18N4. The molecule has 0 radical (unpaired) electrons. The van der Waals surface area contributed by atoms with Gasteiger partial charge in [0.2, 0.25) is 0 Å². The zero-order chi connectivity index (χ0) is 11.0. The predicted octanol–water partition coefficient (Wildman–Crippen LogP) is 1.23. The SMILES string of the molecule is CCCCCC(N)(N)CC(C#N)C#N. The van der Waals surface area contributed by atoms with Crippen LogP contribution in [0.5, 0.6) is 0 Å². The van der Waals surface area contributed by atoms with Crippen molar-refractivity contribution in [2.45, 2.75) is 44.7 Å². The van der Waals surface area contributed by atoms with Crippen molar-refractivity contribution in [1.29, 1.82) is 10.5 Å². The fourth-order valence-corrected chi connectivity index (χ4v) is 1.31. The smallest absolute Gasteiger partial charge is 0.136 e. The van der Waals surface area contributed by atoms with Gasteiger partial charge >= 0.3 is 0 Å². The van der Waals surface area contributed by atoms with Gasteiger partial charge in [-0.2, -0.15) is 10.5 Å². The third-order valence-corrected chi connectivity index (χ3v) is 2.14. The van der Waals surface area contributed by atoms with E-state index in [-0.39, 0.29) is 6.42 Å². The molecule has 0 heterocycles. The Morgan fingerprint density at radius 1 is 1.21 bits per heavy atom. The fraction of sp³-hybridized carbons (Fsp3) is 0.800. The van der Waals surface area contributed by atoms with Crippen molar-refractivity contribution in [2.75, 3.05) is 0 Å². The standard InChI is InChI=1S/C10H18N4/c1-2-3-4-5-10(13,14)6-9(7-11)8-12/h9H,2-6,13-14H2,1H3. The van der Waals surface area contributed by atoms with E-state index in [0.717, 1.165) is 19.3 Å². The summed E-state index contributed by atoms with van der Waals surface area (Å²) in [4.78, 5) is 0. The van der Waals surface area contributed by atoms with Gasteiger partial charge in [0, 0.05) is 6.42 Å². The highest BCUT2D eigenvalue weighted by molar-refractivity contribution is 5.02. The molecule has 0 spiro atoms. The summed E-state index contributed by atoms with van der Waals surface area (Å²) in [5.41, 5.74) is 10.7. The van der Waals surface area contributed by atoms with Crippen LogP contribution in [-0.4, -0.2) is 5.66 Å². The number of nitrogens with two attached hydrogens (primary N) is 2. The fourth-order valence-electron chi connectivity index (χ4n) is 1.31. The highest BCUT2D eigenvalue weighted by Gasteiger charge is 2.23. The van der Waals surface area contributed by atoms with Crippen molar-refractivity contribution in [3.63, 3.8) is 0 Å². The number of nitrogens with zero attached hydrogens (tertiary/aromatic N) is 2. The van der Waals surface area contributed by atoms with Crippen LogP contribution in [0.25, 0.3) is 0 Å².